The first kappa shape index (κ1) is 22.2. The van der Waals surface area contributed by atoms with Gasteiger partial charge in [0, 0.05) is 17.7 Å². The molecule has 0 bridgehead atoms. The summed E-state index contributed by atoms with van der Waals surface area (Å²) in [7, 11) is 1.57. The molecule has 2 aromatic heterocycles. The molecular weight excluding hydrogens is 420 g/mol. The molecule has 2 aromatic carbocycles. The number of methoxy groups -OCH3 is 1. The van der Waals surface area contributed by atoms with Crippen molar-refractivity contribution in [2.24, 2.45) is 0 Å². The number of hydrogen-bond donors (Lipinski definition) is 2. The fraction of sp³-hybridized carbons (Fsp3) is 0.231. The molecule has 0 unspecified atom stereocenters. The summed E-state index contributed by atoms with van der Waals surface area (Å²) in [6.07, 6.45) is 0. The first-order valence-corrected chi connectivity index (χ1v) is 10.6. The monoisotopic (exact) mass is 446 g/mol. The highest BCUT2D eigenvalue weighted by atomic mass is 16.5. The van der Waals surface area contributed by atoms with Gasteiger partial charge in [-0.05, 0) is 61.5 Å². The number of hydrogen-bond acceptors (Lipinski definition) is 5. The van der Waals surface area contributed by atoms with E-state index < -0.39 is 5.91 Å². The summed E-state index contributed by atoms with van der Waals surface area (Å²) in [6, 6.07) is 14.9. The average molecular weight is 447 g/mol. The Morgan fingerprint density at radius 2 is 1.79 bits per heavy atom. The van der Waals surface area contributed by atoms with E-state index in [1.54, 1.807) is 32.2 Å². The zero-order valence-corrected chi connectivity index (χ0v) is 19.1. The molecule has 0 aliphatic rings. The van der Waals surface area contributed by atoms with Crippen LogP contribution in [0.5, 0.6) is 11.5 Å². The number of carbonyl (C=O) groups excluding carboxylic acids is 1. The van der Waals surface area contributed by atoms with Crippen molar-refractivity contribution in [1.29, 1.82) is 0 Å². The summed E-state index contributed by atoms with van der Waals surface area (Å²) < 4.78 is 16.8. The normalized spacial score (nSPS) is 10.9. The van der Waals surface area contributed by atoms with Gasteiger partial charge in [-0.1, -0.05) is 24.3 Å². The number of H-pyrrole nitrogens is 1. The largest absolute Gasteiger partial charge is 0.493 e. The molecule has 0 spiro atoms. The van der Waals surface area contributed by atoms with E-state index in [0.717, 1.165) is 22.0 Å². The maximum Gasteiger partial charge on any atom is 0.287 e. The summed E-state index contributed by atoms with van der Waals surface area (Å²) in [5.41, 5.74) is 3.90. The Morgan fingerprint density at radius 1 is 1.03 bits per heavy atom. The van der Waals surface area contributed by atoms with E-state index in [4.69, 9.17) is 13.9 Å². The number of furan rings is 1. The third kappa shape index (κ3) is 4.62. The van der Waals surface area contributed by atoms with Crippen molar-refractivity contribution in [2.75, 3.05) is 7.11 Å². The molecule has 7 nitrogen and oxygen atoms in total. The number of rotatable bonds is 7. The van der Waals surface area contributed by atoms with E-state index in [1.165, 1.54) is 0 Å². The number of benzene rings is 2. The van der Waals surface area contributed by atoms with Gasteiger partial charge < -0.3 is 24.2 Å². The highest BCUT2D eigenvalue weighted by Gasteiger charge is 2.17. The molecule has 1 amide bonds. The fourth-order valence-corrected chi connectivity index (χ4v) is 3.69. The molecule has 4 rings (SSSR count). The highest BCUT2D eigenvalue weighted by Crippen LogP contribution is 2.27. The van der Waals surface area contributed by atoms with Gasteiger partial charge in [0.15, 0.2) is 17.3 Å². The molecule has 0 fully saturated rings. The maximum absolute atomic E-state index is 12.7. The van der Waals surface area contributed by atoms with E-state index in [-0.39, 0.29) is 24.5 Å². The second-order valence-corrected chi connectivity index (χ2v) is 7.94. The third-order valence-electron chi connectivity index (χ3n) is 5.68. The van der Waals surface area contributed by atoms with Crippen LogP contribution in [-0.4, -0.2) is 18.0 Å². The first-order chi connectivity index (χ1) is 15.9. The molecule has 0 aliphatic carbocycles. The quantitative estimate of drug-likeness (QED) is 0.434. The molecule has 0 saturated carbocycles. The first-order valence-electron chi connectivity index (χ1n) is 10.6. The minimum absolute atomic E-state index is 0.0875. The Morgan fingerprint density at radius 3 is 2.55 bits per heavy atom. The molecule has 2 heterocycles. The Balaban J connectivity index is 1.45. The molecule has 170 valence electrons. The fourth-order valence-electron chi connectivity index (χ4n) is 3.69. The number of aryl methyl sites for hydroxylation is 3. The zero-order chi connectivity index (χ0) is 23.5. The zero-order valence-electron chi connectivity index (χ0n) is 19.1. The van der Waals surface area contributed by atoms with Gasteiger partial charge in [0.2, 0.25) is 0 Å². The predicted octanol–water partition coefficient (Wildman–Crippen LogP) is 4.56. The lowest BCUT2D eigenvalue weighted by atomic mass is 10.0. The molecule has 0 radical (unpaired) electrons. The van der Waals surface area contributed by atoms with E-state index >= 15 is 0 Å². The van der Waals surface area contributed by atoms with Gasteiger partial charge in [0.1, 0.15) is 12.4 Å². The van der Waals surface area contributed by atoms with Crippen LogP contribution in [0, 0.1) is 20.8 Å². The third-order valence-corrected chi connectivity index (χ3v) is 5.68. The van der Waals surface area contributed by atoms with Crippen LogP contribution in [0.25, 0.3) is 10.9 Å². The van der Waals surface area contributed by atoms with Crippen molar-refractivity contribution in [3.63, 3.8) is 0 Å². The van der Waals surface area contributed by atoms with Crippen molar-refractivity contribution < 1.29 is 18.7 Å². The number of fused-ring (bicyclic) bond motifs is 1. The van der Waals surface area contributed by atoms with Gasteiger partial charge in [0.25, 0.3) is 11.5 Å². The molecule has 7 heteroatoms. The topological polar surface area (TPSA) is 93.6 Å². The second-order valence-electron chi connectivity index (χ2n) is 7.94. The van der Waals surface area contributed by atoms with Crippen molar-refractivity contribution in [1.82, 2.24) is 10.3 Å². The number of carbonyl (C=O) groups is 1. The number of nitrogens with one attached hydrogen (secondary N) is 2. The Bertz CT molecular complexity index is 1380. The van der Waals surface area contributed by atoms with Crippen LogP contribution in [0.15, 0.2) is 57.7 Å². The van der Waals surface area contributed by atoms with E-state index in [1.807, 2.05) is 44.2 Å². The Hall–Kier alpha value is -4.00. The predicted molar refractivity (Wildman–Crippen MR) is 126 cm³/mol. The molecule has 4 aromatic rings. The van der Waals surface area contributed by atoms with Crippen LogP contribution in [0.3, 0.4) is 0 Å². The van der Waals surface area contributed by atoms with Crippen LogP contribution in [0.2, 0.25) is 0 Å². The second kappa shape index (κ2) is 9.24. The van der Waals surface area contributed by atoms with Crippen molar-refractivity contribution in [3.8, 4) is 11.5 Å². The van der Waals surface area contributed by atoms with Crippen molar-refractivity contribution in [2.45, 2.75) is 33.9 Å². The lowest BCUT2D eigenvalue weighted by Gasteiger charge is -2.09. The summed E-state index contributed by atoms with van der Waals surface area (Å²) in [5, 5.41) is 3.70. The number of aromatic nitrogens is 1. The Kier molecular flexibility index (Phi) is 6.22. The van der Waals surface area contributed by atoms with Crippen LogP contribution in [0.1, 0.15) is 38.6 Å². The van der Waals surface area contributed by atoms with Crippen molar-refractivity contribution in [3.05, 3.63) is 92.7 Å². The maximum atomic E-state index is 12.7. The van der Waals surface area contributed by atoms with E-state index in [9.17, 15) is 9.59 Å². The smallest absolute Gasteiger partial charge is 0.287 e. The van der Waals surface area contributed by atoms with Gasteiger partial charge in [-0.2, -0.15) is 0 Å². The average Bonchev–Trinajstić information content (AvgIpc) is 3.19. The summed E-state index contributed by atoms with van der Waals surface area (Å²) in [5.74, 6) is 1.51. The number of amides is 1. The van der Waals surface area contributed by atoms with Gasteiger partial charge in [-0.25, -0.2) is 0 Å². The van der Waals surface area contributed by atoms with Gasteiger partial charge >= 0.3 is 0 Å². The minimum atomic E-state index is -0.393. The summed E-state index contributed by atoms with van der Waals surface area (Å²) in [4.78, 5) is 28.2. The number of pyridine rings is 1. The SMILES string of the molecule is COc1ccccc1OCc1cc(C)c(C(=O)NCc2cc3ccc(C)c(C)c3[nH]c2=O)o1. The van der Waals surface area contributed by atoms with Crippen LogP contribution >= 0.6 is 0 Å². The van der Waals surface area contributed by atoms with E-state index in [2.05, 4.69) is 10.3 Å². The van der Waals surface area contributed by atoms with Gasteiger partial charge in [-0.15, -0.1) is 0 Å². The molecule has 0 atom stereocenters. The molecule has 0 saturated heterocycles. The minimum Gasteiger partial charge on any atom is -0.493 e. The van der Waals surface area contributed by atoms with Crippen LogP contribution < -0.4 is 20.3 Å². The lowest BCUT2D eigenvalue weighted by Crippen LogP contribution is -2.27. The molecule has 2 N–H and O–H groups in total. The molecular formula is C26H26N2O5. The summed E-state index contributed by atoms with van der Waals surface area (Å²) in [6.45, 7) is 6.01. The van der Waals surface area contributed by atoms with Crippen LogP contribution in [0.4, 0.5) is 0 Å². The number of aromatic amines is 1. The van der Waals surface area contributed by atoms with Crippen molar-refractivity contribution >= 4 is 16.8 Å². The van der Waals surface area contributed by atoms with Crippen LogP contribution in [-0.2, 0) is 13.2 Å². The molecule has 33 heavy (non-hydrogen) atoms. The van der Waals surface area contributed by atoms with E-state index in [0.29, 0.717) is 28.4 Å². The van der Waals surface area contributed by atoms with Gasteiger partial charge in [0.05, 0.1) is 12.6 Å². The lowest BCUT2D eigenvalue weighted by molar-refractivity contribution is 0.0918. The standard InChI is InChI=1S/C26H26N2O5/c1-15-9-10-18-12-19(25(29)28-23(18)17(15)3)13-27-26(30)24-16(2)11-20(33-24)14-32-22-8-6-5-7-21(22)31-4/h5-12H,13-14H2,1-4H3,(H,27,30)(H,28,29). The number of ether oxygens (including phenoxy) is 2. The number of para-hydroxylation sites is 2. The Labute approximate surface area is 191 Å². The summed E-state index contributed by atoms with van der Waals surface area (Å²) >= 11 is 0. The highest BCUT2D eigenvalue weighted by molar-refractivity contribution is 5.93. The van der Waals surface area contributed by atoms with Gasteiger partial charge in [-0.3, -0.25) is 9.59 Å². The molecule has 0 aliphatic heterocycles.